The summed E-state index contributed by atoms with van der Waals surface area (Å²) in [4.78, 5) is 9.56. The maximum absolute atomic E-state index is 4.12. The van der Waals surface area contributed by atoms with Gasteiger partial charge >= 0.3 is 0 Å². The SMILES string of the molecule is CCCNC(CSc1cccc(C)c1)c1cncnc1. The van der Waals surface area contributed by atoms with Gasteiger partial charge in [-0.15, -0.1) is 11.8 Å². The maximum atomic E-state index is 4.12. The van der Waals surface area contributed by atoms with Crippen molar-refractivity contribution in [2.75, 3.05) is 12.3 Å². The Balaban J connectivity index is 2.01. The molecule has 0 spiro atoms. The smallest absolute Gasteiger partial charge is 0.115 e. The van der Waals surface area contributed by atoms with Crippen molar-refractivity contribution in [3.63, 3.8) is 0 Å². The van der Waals surface area contributed by atoms with Crippen molar-refractivity contribution >= 4 is 11.8 Å². The van der Waals surface area contributed by atoms with E-state index in [1.807, 2.05) is 24.2 Å². The van der Waals surface area contributed by atoms with Crippen LogP contribution in [0.25, 0.3) is 0 Å². The Labute approximate surface area is 125 Å². The van der Waals surface area contributed by atoms with E-state index >= 15 is 0 Å². The monoisotopic (exact) mass is 287 g/mol. The van der Waals surface area contributed by atoms with Crippen molar-refractivity contribution in [3.8, 4) is 0 Å². The second-order valence-electron chi connectivity index (χ2n) is 4.81. The Morgan fingerprint density at radius 3 is 2.75 bits per heavy atom. The van der Waals surface area contributed by atoms with Gasteiger partial charge in [-0.2, -0.15) is 0 Å². The number of rotatable bonds is 7. The molecule has 0 bridgehead atoms. The summed E-state index contributed by atoms with van der Waals surface area (Å²) in [5, 5.41) is 3.57. The number of hydrogen-bond donors (Lipinski definition) is 1. The van der Waals surface area contributed by atoms with Crippen molar-refractivity contribution in [2.45, 2.75) is 31.2 Å². The molecule has 2 rings (SSSR count). The van der Waals surface area contributed by atoms with Crippen LogP contribution in [0.2, 0.25) is 0 Å². The third-order valence-corrected chi connectivity index (χ3v) is 4.12. The summed E-state index contributed by atoms with van der Waals surface area (Å²) < 4.78 is 0. The first-order valence-corrected chi connectivity index (χ1v) is 7.96. The molecule has 1 unspecified atom stereocenters. The van der Waals surface area contributed by atoms with Crippen LogP contribution in [-0.2, 0) is 0 Å². The zero-order valence-corrected chi connectivity index (χ0v) is 12.9. The Hall–Kier alpha value is -1.39. The average Bonchev–Trinajstić information content (AvgIpc) is 2.48. The van der Waals surface area contributed by atoms with E-state index in [0.717, 1.165) is 24.3 Å². The third kappa shape index (κ3) is 4.62. The minimum absolute atomic E-state index is 0.293. The minimum atomic E-state index is 0.293. The van der Waals surface area contributed by atoms with Gasteiger partial charge in [0.2, 0.25) is 0 Å². The fourth-order valence-electron chi connectivity index (χ4n) is 1.97. The number of aryl methyl sites for hydroxylation is 1. The first kappa shape index (κ1) is 15.0. The molecule has 0 amide bonds. The lowest BCUT2D eigenvalue weighted by Crippen LogP contribution is -2.24. The maximum Gasteiger partial charge on any atom is 0.115 e. The predicted octanol–water partition coefficient (Wildman–Crippen LogP) is 3.62. The molecule has 4 heteroatoms. The van der Waals surface area contributed by atoms with Crippen LogP contribution in [0.15, 0.2) is 47.9 Å². The third-order valence-electron chi connectivity index (χ3n) is 3.03. The van der Waals surface area contributed by atoms with Crippen LogP contribution < -0.4 is 5.32 Å². The second kappa shape index (κ2) is 8.02. The van der Waals surface area contributed by atoms with E-state index < -0.39 is 0 Å². The van der Waals surface area contributed by atoms with Gasteiger partial charge in [0.1, 0.15) is 6.33 Å². The molecule has 20 heavy (non-hydrogen) atoms. The number of benzene rings is 1. The second-order valence-corrected chi connectivity index (χ2v) is 5.90. The summed E-state index contributed by atoms with van der Waals surface area (Å²) >= 11 is 1.87. The van der Waals surface area contributed by atoms with Crippen LogP contribution in [0.4, 0.5) is 0 Å². The molecule has 0 saturated carbocycles. The number of nitrogens with zero attached hydrogens (tertiary/aromatic N) is 2. The molecule has 0 aliphatic carbocycles. The summed E-state index contributed by atoms with van der Waals surface area (Å²) in [7, 11) is 0. The van der Waals surface area contributed by atoms with E-state index in [4.69, 9.17) is 0 Å². The van der Waals surface area contributed by atoms with E-state index in [0.29, 0.717) is 6.04 Å². The highest BCUT2D eigenvalue weighted by Gasteiger charge is 2.11. The number of thioether (sulfide) groups is 1. The van der Waals surface area contributed by atoms with Crippen molar-refractivity contribution in [3.05, 3.63) is 54.1 Å². The predicted molar refractivity (Wildman–Crippen MR) is 85.0 cm³/mol. The van der Waals surface area contributed by atoms with Gasteiger partial charge in [0.05, 0.1) is 0 Å². The van der Waals surface area contributed by atoms with Gasteiger partial charge in [0, 0.05) is 34.6 Å². The van der Waals surface area contributed by atoms with Gasteiger partial charge < -0.3 is 5.32 Å². The fourth-order valence-corrected chi connectivity index (χ4v) is 3.08. The van der Waals surface area contributed by atoms with Gasteiger partial charge in [-0.05, 0) is 32.0 Å². The molecule has 0 fully saturated rings. The van der Waals surface area contributed by atoms with Crippen LogP contribution in [-0.4, -0.2) is 22.3 Å². The highest BCUT2D eigenvalue weighted by atomic mass is 32.2. The number of aromatic nitrogens is 2. The van der Waals surface area contributed by atoms with Gasteiger partial charge in [0.25, 0.3) is 0 Å². The normalized spacial score (nSPS) is 12.3. The lowest BCUT2D eigenvalue weighted by molar-refractivity contribution is 0.574. The Bertz CT molecular complexity index is 516. The summed E-state index contributed by atoms with van der Waals surface area (Å²) in [5.74, 6) is 0.983. The van der Waals surface area contributed by atoms with Crippen molar-refractivity contribution in [2.24, 2.45) is 0 Å². The van der Waals surface area contributed by atoms with Crippen LogP contribution in [0.1, 0.15) is 30.5 Å². The molecule has 106 valence electrons. The fraction of sp³-hybridized carbons (Fsp3) is 0.375. The molecular formula is C16H21N3S. The molecule has 2 aromatic rings. The molecule has 1 heterocycles. The molecule has 0 radical (unpaired) electrons. The van der Waals surface area contributed by atoms with Crippen LogP contribution in [0, 0.1) is 6.92 Å². The van der Waals surface area contributed by atoms with Gasteiger partial charge in [-0.25, -0.2) is 9.97 Å². The van der Waals surface area contributed by atoms with E-state index in [2.05, 4.69) is 53.4 Å². The van der Waals surface area contributed by atoms with Crippen molar-refractivity contribution in [1.29, 1.82) is 0 Å². The van der Waals surface area contributed by atoms with Crippen molar-refractivity contribution in [1.82, 2.24) is 15.3 Å². The zero-order chi connectivity index (χ0) is 14.2. The lowest BCUT2D eigenvalue weighted by Gasteiger charge is -2.18. The van der Waals surface area contributed by atoms with Crippen LogP contribution >= 0.6 is 11.8 Å². The van der Waals surface area contributed by atoms with E-state index in [1.54, 1.807) is 6.33 Å². The summed E-state index contributed by atoms with van der Waals surface area (Å²) in [6.45, 7) is 5.31. The first-order chi connectivity index (χ1) is 9.79. The quantitative estimate of drug-likeness (QED) is 0.789. The largest absolute Gasteiger partial charge is 0.309 e. The highest BCUT2D eigenvalue weighted by Crippen LogP contribution is 2.24. The molecule has 0 saturated heterocycles. The Morgan fingerprint density at radius 2 is 2.05 bits per heavy atom. The van der Waals surface area contributed by atoms with Crippen LogP contribution in [0.5, 0.6) is 0 Å². The van der Waals surface area contributed by atoms with Gasteiger partial charge in [0.15, 0.2) is 0 Å². The van der Waals surface area contributed by atoms with Crippen molar-refractivity contribution < 1.29 is 0 Å². The van der Waals surface area contributed by atoms with E-state index in [9.17, 15) is 0 Å². The zero-order valence-electron chi connectivity index (χ0n) is 12.0. The summed E-state index contributed by atoms with van der Waals surface area (Å²) in [5.41, 5.74) is 2.46. The Kier molecular flexibility index (Phi) is 6.02. The minimum Gasteiger partial charge on any atom is -0.309 e. The molecule has 0 aliphatic heterocycles. The summed E-state index contributed by atoms with van der Waals surface area (Å²) in [6, 6.07) is 8.92. The molecule has 1 aromatic carbocycles. The average molecular weight is 287 g/mol. The first-order valence-electron chi connectivity index (χ1n) is 6.97. The number of nitrogens with one attached hydrogen (secondary N) is 1. The molecule has 1 atom stereocenters. The molecule has 1 N–H and O–H groups in total. The molecule has 3 nitrogen and oxygen atoms in total. The number of hydrogen-bond acceptors (Lipinski definition) is 4. The Morgan fingerprint density at radius 1 is 1.25 bits per heavy atom. The van der Waals surface area contributed by atoms with E-state index in [-0.39, 0.29) is 0 Å². The summed E-state index contributed by atoms with van der Waals surface area (Å²) in [6.07, 6.45) is 6.50. The lowest BCUT2D eigenvalue weighted by atomic mass is 10.2. The standard InChI is InChI=1S/C16H21N3S/c1-3-7-19-16(14-9-17-12-18-10-14)11-20-15-6-4-5-13(2)8-15/h4-6,8-10,12,16,19H,3,7,11H2,1-2H3. The topological polar surface area (TPSA) is 37.8 Å². The molecular weight excluding hydrogens is 266 g/mol. The van der Waals surface area contributed by atoms with Crippen LogP contribution in [0.3, 0.4) is 0 Å². The molecule has 0 aliphatic rings. The molecule has 1 aromatic heterocycles. The highest BCUT2D eigenvalue weighted by molar-refractivity contribution is 7.99. The van der Waals surface area contributed by atoms with Gasteiger partial charge in [-0.3, -0.25) is 0 Å². The van der Waals surface area contributed by atoms with E-state index in [1.165, 1.54) is 10.5 Å². The van der Waals surface area contributed by atoms with Gasteiger partial charge in [-0.1, -0.05) is 24.6 Å².